The Kier molecular flexibility index (Phi) is 4.45. The zero-order valence-corrected chi connectivity index (χ0v) is 9.85. The predicted octanol–water partition coefficient (Wildman–Crippen LogP) is 2.54. The molecule has 0 aromatic heterocycles. The van der Waals surface area contributed by atoms with Crippen LogP contribution in [0.5, 0.6) is 0 Å². The molecule has 0 fully saturated rings. The van der Waals surface area contributed by atoms with Gasteiger partial charge in [0, 0.05) is 20.5 Å². The molecule has 0 bridgehead atoms. The normalized spacial score (nSPS) is 11.9. The third-order valence-electron chi connectivity index (χ3n) is 3.04. The molecule has 0 heterocycles. The maximum Gasteiger partial charge on any atom is 0.222 e. The van der Waals surface area contributed by atoms with E-state index in [2.05, 4.69) is 27.7 Å². The van der Waals surface area contributed by atoms with Crippen LogP contribution in [-0.2, 0) is 4.79 Å². The van der Waals surface area contributed by atoms with E-state index >= 15 is 0 Å². The van der Waals surface area contributed by atoms with Crippen molar-refractivity contribution in [2.45, 2.75) is 40.5 Å². The van der Waals surface area contributed by atoms with Crippen molar-refractivity contribution in [2.75, 3.05) is 14.1 Å². The van der Waals surface area contributed by atoms with E-state index in [9.17, 15) is 4.79 Å². The van der Waals surface area contributed by atoms with Crippen molar-refractivity contribution in [3.63, 3.8) is 0 Å². The highest BCUT2D eigenvalue weighted by Gasteiger charge is 2.23. The average molecular weight is 185 g/mol. The molecule has 0 saturated carbocycles. The van der Waals surface area contributed by atoms with Crippen molar-refractivity contribution < 1.29 is 4.79 Å². The minimum Gasteiger partial charge on any atom is -0.349 e. The van der Waals surface area contributed by atoms with Crippen LogP contribution >= 0.6 is 0 Å². The van der Waals surface area contributed by atoms with Crippen LogP contribution in [0.2, 0.25) is 0 Å². The summed E-state index contributed by atoms with van der Waals surface area (Å²) in [5, 5.41) is 0. The van der Waals surface area contributed by atoms with Gasteiger partial charge in [0.1, 0.15) is 0 Å². The lowest BCUT2D eigenvalue weighted by molar-refractivity contribution is -0.129. The molecular formula is C11H23NO. The standard InChI is InChI=1S/C11H23NO/c1-9(2)11(3,4)8-7-10(13)12(5)6/h9H,7-8H2,1-6H3. The highest BCUT2D eigenvalue weighted by Crippen LogP contribution is 2.31. The van der Waals surface area contributed by atoms with Gasteiger partial charge in [0.15, 0.2) is 0 Å². The SMILES string of the molecule is CC(C)C(C)(C)CCC(=O)N(C)C. The summed E-state index contributed by atoms with van der Waals surface area (Å²) in [6.45, 7) is 8.86. The summed E-state index contributed by atoms with van der Waals surface area (Å²) in [7, 11) is 3.62. The monoisotopic (exact) mass is 185 g/mol. The van der Waals surface area contributed by atoms with Gasteiger partial charge < -0.3 is 4.90 Å². The molecule has 0 unspecified atom stereocenters. The topological polar surface area (TPSA) is 20.3 Å². The molecule has 1 amide bonds. The molecule has 0 aliphatic rings. The molecule has 0 saturated heterocycles. The fourth-order valence-corrected chi connectivity index (χ4v) is 0.941. The van der Waals surface area contributed by atoms with Crippen molar-refractivity contribution in [2.24, 2.45) is 11.3 Å². The highest BCUT2D eigenvalue weighted by molar-refractivity contribution is 5.75. The van der Waals surface area contributed by atoms with E-state index in [1.807, 2.05) is 14.1 Å². The lowest BCUT2D eigenvalue weighted by Gasteiger charge is -2.29. The smallest absolute Gasteiger partial charge is 0.222 e. The van der Waals surface area contributed by atoms with Gasteiger partial charge in [0.25, 0.3) is 0 Å². The van der Waals surface area contributed by atoms with Crippen molar-refractivity contribution in [3.8, 4) is 0 Å². The lowest BCUT2D eigenvalue weighted by atomic mass is 9.77. The fourth-order valence-electron chi connectivity index (χ4n) is 0.941. The summed E-state index contributed by atoms with van der Waals surface area (Å²) in [4.78, 5) is 13.0. The maximum absolute atomic E-state index is 11.3. The predicted molar refractivity (Wildman–Crippen MR) is 56.5 cm³/mol. The first-order valence-corrected chi connectivity index (χ1v) is 4.97. The van der Waals surface area contributed by atoms with E-state index in [1.165, 1.54) is 0 Å². The van der Waals surface area contributed by atoms with Crippen molar-refractivity contribution in [1.29, 1.82) is 0 Å². The number of rotatable bonds is 4. The van der Waals surface area contributed by atoms with E-state index in [1.54, 1.807) is 4.90 Å². The zero-order chi connectivity index (χ0) is 10.6. The molecule has 0 aromatic carbocycles. The van der Waals surface area contributed by atoms with Crippen LogP contribution in [0.4, 0.5) is 0 Å². The van der Waals surface area contributed by atoms with Crippen LogP contribution in [0.3, 0.4) is 0 Å². The quantitative estimate of drug-likeness (QED) is 0.659. The third-order valence-corrected chi connectivity index (χ3v) is 3.04. The third kappa shape index (κ3) is 4.30. The van der Waals surface area contributed by atoms with Gasteiger partial charge in [-0.2, -0.15) is 0 Å². The van der Waals surface area contributed by atoms with Crippen LogP contribution < -0.4 is 0 Å². The van der Waals surface area contributed by atoms with Gasteiger partial charge in [-0.1, -0.05) is 27.7 Å². The second-order valence-corrected chi connectivity index (χ2v) is 4.93. The molecule has 2 heteroatoms. The van der Waals surface area contributed by atoms with E-state index in [4.69, 9.17) is 0 Å². The van der Waals surface area contributed by atoms with Crippen molar-refractivity contribution >= 4 is 5.91 Å². The van der Waals surface area contributed by atoms with Gasteiger partial charge in [-0.25, -0.2) is 0 Å². The number of carbonyl (C=O) groups is 1. The van der Waals surface area contributed by atoms with Crippen LogP contribution in [-0.4, -0.2) is 24.9 Å². The summed E-state index contributed by atoms with van der Waals surface area (Å²) in [6, 6.07) is 0. The van der Waals surface area contributed by atoms with Crippen molar-refractivity contribution in [3.05, 3.63) is 0 Å². The maximum atomic E-state index is 11.3. The Morgan fingerprint density at radius 3 is 2.08 bits per heavy atom. The first kappa shape index (κ1) is 12.5. The van der Waals surface area contributed by atoms with Crippen LogP contribution in [0.15, 0.2) is 0 Å². The molecule has 0 spiro atoms. The number of amides is 1. The molecule has 0 rings (SSSR count). The minimum absolute atomic E-state index is 0.230. The summed E-state index contributed by atoms with van der Waals surface area (Å²) >= 11 is 0. The molecule has 13 heavy (non-hydrogen) atoms. The first-order chi connectivity index (χ1) is 5.77. The molecular weight excluding hydrogens is 162 g/mol. The molecule has 0 atom stereocenters. The summed E-state index contributed by atoms with van der Waals surface area (Å²) < 4.78 is 0. The first-order valence-electron chi connectivity index (χ1n) is 4.97. The van der Waals surface area contributed by atoms with Gasteiger partial charge in [0.05, 0.1) is 0 Å². The Balaban J connectivity index is 3.95. The van der Waals surface area contributed by atoms with E-state index in [0.29, 0.717) is 12.3 Å². The van der Waals surface area contributed by atoms with E-state index in [-0.39, 0.29) is 11.3 Å². The number of hydrogen-bond donors (Lipinski definition) is 0. The van der Waals surface area contributed by atoms with Gasteiger partial charge >= 0.3 is 0 Å². The molecule has 0 N–H and O–H groups in total. The Morgan fingerprint density at radius 1 is 1.31 bits per heavy atom. The molecule has 0 radical (unpaired) electrons. The Labute approximate surface area is 82.3 Å². The van der Waals surface area contributed by atoms with Gasteiger partial charge in [-0.15, -0.1) is 0 Å². The molecule has 0 aliphatic carbocycles. The summed E-state index contributed by atoms with van der Waals surface area (Å²) in [6.07, 6.45) is 1.64. The average Bonchev–Trinajstić information content (AvgIpc) is 1.99. The van der Waals surface area contributed by atoms with E-state index < -0.39 is 0 Å². The summed E-state index contributed by atoms with van der Waals surface area (Å²) in [5.41, 5.74) is 0.270. The minimum atomic E-state index is 0.230. The second-order valence-electron chi connectivity index (χ2n) is 4.93. The van der Waals surface area contributed by atoms with Gasteiger partial charge in [0.2, 0.25) is 5.91 Å². The molecule has 0 aromatic rings. The molecule has 2 nitrogen and oxygen atoms in total. The van der Waals surface area contributed by atoms with E-state index in [0.717, 1.165) is 6.42 Å². The van der Waals surface area contributed by atoms with Crippen LogP contribution in [0, 0.1) is 11.3 Å². The van der Waals surface area contributed by atoms with Gasteiger partial charge in [-0.05, 0) is 17.8 Å². The van der Waals surface area contributed by atoms with Crippen LogP contribution in [0.25, 0.3) is 0 Å². The highest BCUT2D eigenvalue weighted by atomic mass is 16.2. The molecule has 0 aliphatic heterocycles. The van der Waals surface area contributed by atoms with Crippen LogP contribution in [0.1, 0.15) is 40.5 Å². The largest absolute Gasteiger partial charge is 0.349 e. The number of nitrogens with zero attached hydrogens (tertiary/aromatic N) is 1. The zero-order valence-electron chi connectivity index (χ0n) is 9.85. The Bertz CT molecular complexity index is 171. The lowest BCUT2D eigenvalue weighted by Crippen LogP contribution is -2.26. The Morgan fingerprint density at radius 2 is 1.77 bits per heavy atom. The molecule has 78 valence electrons. The number of carbonyl (C=O) groups excluding carboxylic acids is 1. The number of hydrogen-bond acceptors (Lipinski definition) is 1. The van der Waals surface area contributed by atoms with Gasteiger partial charge in [-0.3, -0.25) is 4.79 Å². The fraction of sp³-hybridized carbons (Fsp3) is 0.909. The second kappa shape index (κ2) is 4.64. The summed E-state index contributed by atoms with van der Waals surface area (Å²) in [5.74, 6) is 0.858. The van der Waals surface area contributed by atoms with Crippen molar-refractivity contribution in [1.82, 2.24) is 4.90 Å². The Hall–Kier alpha value is -0.530.